The standard InChI is InChI=1S/C15H25N5O/c1-9(2)8-20(11-5-6-11)15(21)13-12(19-16)7-17-14(18-13)10(3)4/h7,9-11,19H,5-6,8,16H2,1-4H3. The Kier molecular flexibility index (Phi) is 4.77. The summed E-state index contributed by atoms with van der Waals surface area (Å²) >= 11 is 0. The summed E-state index contributed by atoms with van der Waals surface area (Å²) in [7, 11) is 0. The normalized spacial score (nSPS) is 14.6. The first kappa shape index (κ1) is 15.7. The summed E-state index contributed by atoms with van der Waals surface area (Å²) in [5, 5.41) is 0. The first-order valence-corrected chi connectivity index (χ1v) is 7.58. The lowest BCUT2D eigenvalue weighted by Crippen LogP contribution is -2.37. The van der Waals surface area contributed by atoms with E-state index in [1.54, 1.807) is 6.20 Å². The molecule has 1 aromatic rings. The molecule has 1 aliphatic carbocycles. The highest BCUT2D eigenvalue weighted by atomic mass is 16.2. The van der Waals surface area contributed by atoms with Crippen LogP contribution >= 0.6 is 0 Å². The number of nitrogens with two attached hydrogens (primary N) is 1. The summed E-state index contributed by atoms with van der Waals surface area (Å²) in [5.74, 6) is 6.71. The number of carbonyl (C=O) groups excluding carboxylic acids is 1. The molecule has 0 aliphatic heterocycles. The van der Waals surface area contributed by atoms with Crippen LogP contribution in [0.5, 0.6) is 0 Å². The number of nitrogen functional groups attached to an aromatic ring is 1. The van der Waals surface area contributed by atoms with Crippen LogP contribution in [0.2, 0.25) is 0 Å². The van der Waals surface area contributed by atoms with Crippen molar-refractivity contribution in [1.29, 1.82) is 0 Å². The summed E-state index contributed by atoms with van der Waals surface area (Å²) in [4.78, 5) is 23.5. The molecule has 1 fully saturated rings. The smallest absolute Gasteiger partial charge is 0.275 e. The molecule has 1 heterocycles. The molecular formula is C15H25N5O. The molecule has 0 saturated heterocycles. The van der Waals surface area contributed by atoms with Gasteiger partial charge in [0.25, 0.3) is 5.91 Å². The Bertz CT molecular complexity index is 511. The van der Waals surface area contributed by atoms with Crippen molar-refractivity contribution in [3.8, 4) is 0 Å². The lowest BCUT2D eigenvalue weighted by atomic mass is 10.1. The van der Waals surface area contributed by atoms with E-state index in [0.29, 0.717) is 29.2 Å². The summed E-state index contributed by atoms with van der Waals surface area (Å²) in [6.07, 6.45) is 3.74. The topological polar surface area (TPSA) is 84.1 Å². The van der Waals surface area contributed by atoms with Crippen LogP contribution in [-0.2, 0) is 0 Å². The van der Waals surface area contributed by atoms with Crippen LogP contribution < -0.4 is 11.3 Å². The van der Waals surface area contributed by atoms with Crippen LogP contribution in [0, 0.1) is 5.92 Å². The second-order valence-electron chi connectivity index (χ2n) is 6.37. The van der Waals surface area contributed by atoms with Crippen molar-refractivity contribution in [3.05, 3.63) is 17.7 Å². The van der Waals surface area contributed by atoms with E-state index in [1.165, 1.54) is 0 Å². The van der Waals surface area contributed by atoms with Crippen LogP contribution in [0.1, 0.15) is 62.8 Å². The molecule has 0 unspecified atom stereocenters. The molecule has 1 aliphatic rings. The van der Waals surface area contributed by atoms with Crippen molar-refractivity contribution in [3.63, 3.8) is 0 Å². The van der Waals surface area contributed by atoms with Crippen molar-refractivity contribution in [2.45, 2.75) is 52.5 Å². The van der Waals surface area contributed by atoms with Gasteiger partial charge in [0.1, 0.15) is 5.82 Å². The molecule has 21 heavy (non-hydrogen) atoms. The number of nitrogens with one attached hydrogen (secondary N) is 1. The summed E-state index contributed by atoms with van der Waals surface area (Å²) in [5.41, 5.74) is 3.40. The molecule has 116 valence electrons. The van der Waals surface area contributed by atoms with E-state index in [9.17, 15) is 4.79 Å². The third kappa shape index (κ3) is 3.69. The maximum Gasteiger partial charge on any atom is 0.275 e. The third-order valence-corrected chi connectivity index (χ3v) is 3.49. The summed E-state index contributed by atoms with van der Waals surface area (Å²) in [6.45, 7) is 8.99. The van der Waals surface area contributed by atoms with Gasteiger partial charge in [-0.3, -0.25) is 10.6 Å². The van der Waals surface area contributed by atoms with Crippen LogP contribution in [0.25, 0.3) is 0 Å². The van der Waals surface area contributed by atoms with E-state index in [2.05, 4.69) is 29.2 Å². The fraction of sp³-hybridized carbons (Fsp3) is 0.667. The van der Waals surface area contributed by atoms with Crippen LogP contribution in [0.3, 0.4) is 0 Å². The van der Waals surface area contributed by atoms with Gasteiger partial charge in [0.15, 0.2) is 5.69 Å². The number of nitrogens with zero attached hydrogens (tertiary/aromatic N) is 3. The third-order valence-electron chi connectivity index (χ3n) is 3.49. The van der Waals surface area contributed by atoms with E-state index < -0.39 is 0 Å². The Hall–Kier alpha value is -1.69. The maximum absolute atomic E-state index is 12.9. The van der Waals surface area contributed by atoms with Gasteiger partial charge in [-0.05, 0) is 18.8 Å². The Labute approximate surface area is 126 Å². The lowest BCUT2D eigenvalue weighted by Gasteiger charge is -2.25. The van der Waals surface area contributed by atoms with E-state index >= 15 is 0 Å². The molecule has 6 heteroatoms. The van der Waals surface area contributed by atoms with E-state index in [1.807, 2.05) is 18.7 Å². The van der Waals surface area contributed by atoms with Crippen LogP contribution in [0.15, 0.2) is 6.20 Å². The molecule has 0 bridgehead atoms. The Morgan fingerprint density at radius 3 is 2.57 bits per heavy atom. The van der Waals surface area contributed by atoms with Gasteiger partial charge in [0.05, 0.1) is 11.9 Å². The zero-order chi connectivity index (χ0) is 15.6. The highest BCUT2D eigenvalue weighted by Gasteiger charge is 2.35. The number of rotatable bonds is 6. The Morgan fingerprint density at radius 1 is 1.43 bits per heavy atom. The van der Waals surface area contributed by atoms with E-state index in [-0.39, 0.29) is 11.8 Å². The number of carbonyl (C=O) groups is 1. The predicted molar refractivity (Wildman–Crippen MR) is 82.8 cm³/mol. The number of hydrogen-bond donors (Lipinski definition) is 2. The summed E-state index contributed by atoms with van der Waals surface area (Å²) < 4.78 is 0. The average Bonchev–Trinajstić information content (AvgIpc) is 3.27. The monoisotopic (exact) mass is 291 g/mol. The molecule has 2 rings (SSSR count). The fourth-order valence-corrected chi connectivity index (χ4v) is 2.26. The number of hydrazine groups is 1. The first-order chi connectivity index (χ1) is 9.93. The van der Waals surface area contributed by atoms with Gasteiger partial charge in [-0.25, -0.2) is 9.97 Å². The number of anilines is 1. The van der Waals surface area contributed by atoms with Gasteiger partial charge in [0.2, 0.25) is 0 Å². The first-order valence-electron chi connectivity index (χ1n) is 7.58. The molecule has 3 N–H and O–H groups in total. The molecule has 0 radical (unpaired) electrons. The van der Waals surface area contributed by atoms with Gasteiger partial charge < -0.3 is 10.3 Å². The van der Waals surface area contributed by atoms with Crippen LogP contribution in [-0.4, -0.2) is 33.4 Å². The zero-order valence-electron chi connectivity index (χ0n) is 13.3. The molecule has 1 saturated carbocycles. The Balaban J connectivity index is 2.33. The highest BCUT2D eigenvalue weighted by molar-refractivity contribution is 5.97. The SMILES string of the molecule is CC(C)CN(C(=O)c1nc(C(C)C)ncc1NN)C1CC1. The quantitative estimate of drug-likeness (QED) is 0.619. The predicted octanol–water partition coefficient (Wildman–Crippen LogP) is 2.15. The molecule has 0 aromatic carbocycles. The van der Waals surface area contributed by atoms with Gasteiger partial charge in [0, 0.05) is 18.5 Å². The minimum atomic E-state index is -0.0524. The van der Waals surface area contributed by atoms with Crippen molar-refractivity contribution >= 4 is 11.6 Å². The largest absolute Gasteiger partial charge is 0.334 e. The molecule has 1 aromatic heterocycles. The summed E-state index contributed by atoms with van der Waals surface area (Å²) in [6, 6.07) is 0.350. The van der Waals surface area contributed by atoms with Gasteiger partial charge in [-0.15, -0.1) is 0 Å². The molecular weight excluding hydrogens is 266 g/mol. The molecule has 0 atom stereocenters. The molecule has 6 nitrogen and oxygen atoms in total. The second-order valence-corrected chi connectivity index (χ2v) is 6.37. The molecule has 0 spiro atoms. The molecule has 1 amide bonds. The average molecular weight is 291 g/mol. The van der Waals surface area contributed by atoms with E-state index in [4.69, 9.17) is 5.84 Å². The lowest BCUT2D eigenvalue weighted by molar-refractivity contribution is 0.0717. The minimum Gasteiger partial charge on any atom is -0.334 e. The van der Waals surface area contributed by atoms with Crippen molar-refractivity contribution < 1.29 is 4.79 Å². The number of hydrogen-bond acceptors (Lipinski definition) is 5. The van der Waals surface area contributed by atoms with Gasteiger partial charge >= 0.3 is 0 Å². The minimum absolute atomic E-state index is 0.0524. The fourth-order valence-electron chi connectivity index (χ4n) is 2.26. The zero-order valence-corrected chi connectivity index (χ0v) is 13.3. The maximum atomic E-state index is 12.9. The van der Waals surface area contributed by atoms with Gasteiger partial charge in [-0.1, -0.05) is 27.7 Å². The number of aromatic nitrogens is 2. The van der Waals surface area contributed by atoms with Crippen LogP contribution in [0.4, 0.5) is 5.69 Å². The van der Waals surface area contributed by atoms with Crippen molar-refractivity contribution in [2.24, 2.45) is 11.8 Å². The van der Waals surface area contributed by atoms with Crippen molar-refractivity contribution in [1.82, 2.24) is 14.9 Å². The second kappa shape index (κ2) is 6.39. The Morgan fingerprint density at radius 2 is 2.10 bits per heavy atom. The van der Waals surface area contributed by atoms with E-state index in [0.717, 1.165) is 19.4 Å². The highest BCUT2D eigenvalue weighted by Crippen LogP contribution is 2.30. The van der Waals surface area contributed by atoms with Crippen molar-refractivity contribution in [2.75, 3.05) is 12.0 Å². The number of amides is 1. The van der Waals surface area contributed by atoms with Gasteiger partial charge in [-0.2, -0.15) is 0 Å².